The summed E-state index contributed by atoms with van der Waals surface area (Å²) in [5.74, 6) is -3.88. The fraction of sp³-hybridized carbons (Fsp3) is 0.542. The number of likely N-dealkylation sites (tertiary alicyclic amines) is 1. The van der Waals surface area contributed by atoms with E-state index in [1.54, 1.807) is 11.0 Å². The zero-order valence-electron chi connectivity index (χ0n) is 18.5. The number of aliphatic hydroxyl groups is 1. The Labute approximate surface area is 201 Å². The molecular formula is C24H29BrN2O6. The molecule has 0 aliphatic carbocycles. The predicted molar refractivity (Wildman–Crippen MR) is 123 cm³/mol. The molecule has 3 saturated heterocycles. The van der Waals surface area contributed by atoms with Crippen LogP contribution >= 0.6 is 15.9 Å². The molecule has 3 heterocycles. The summed E-state index contributed by atoms with van der Waals surface area (Å²) in [6, 6.07) is 7.86. The number of rotatable bonds is 9. The van der Waals surface area contributed by atoms with Crippen molar-refractivity contribution in [3.63, 3.8) is 0 Å². The van der Waals surface area contributed by atoms with Gasteiger partial charge in [-0.1, -0.05) is 59.3 Å². The van der Waals surface area contributed by atoms with Crippen LogP contribution < -0.4 is 0 Å². The van der Waals surface area contributed by atoms with E-state index in [0.717, 1.165) is 5.56 Å². The molecule has 0 saturated carbocycles. The zero-order chi connectivity index (χ0) is 23.9. The Balaban J connectivity index is 1.78. The lowest BCUT2D eigenvalue weighted by Gasteiger charge is -2.39. The minimum absolute atomic E-state index is 0.256. The second-order valence-electron chi connectivity index (χ2n) is 8.98. The molecule has 8 nitrogen and oxygen atoms in total. The van der Waals surface area contributed by atoms with Crippen LogP contribution in [-0.4, -0.2) is 79.6 Å². The van der Waals surface area contributed by atoms with E-state index in [9.17, 15) is 24.6 Å². The van der Waals surface area contributed by atoms with E-state index in [2.05, 4.69) is 22.5 Å². The number of aliphatic carboxylic acids is 1. The molecule has 1 unspecified atom stereocenters. The summed E-state index contributed by atoms with van der Waals surface area (Å²) in [6.45, 7) is 5.85. The van der Waals surface area contributed by atoms with Crippen molar-refractivity contribution in [1.29, 1.82) is 0 Å². The number of fused-ring (bicyclic) bond motifs is 1. The Morgan fingerprint density at radius 1 is 1.39 bits per heavy atom. The van der Waals surface area contributed by atoms with Gasteiger partial charge in [-0.3, -0.25) is 14.4 Å². The molecule has 7 atom stereocenters. The highest BCUT2D eigenvalue weighted by molar-refractivity contribution is 9.09. The molecular weight excluding hydrogens is 492 g/mol. The van der Waals surface area contributed by atoms with Crippen LogP contribution in [0.1, 0.15) is 25.3 Å². The molecule has 2 bridgehead atoms. The van der Waals surface area contributed by atoms with E-state index >= 15 is 0 Å². The monoisotopic (exact) mass is 520 g/mol. The number of nitrogens with zero attached hydrogens (tertiary/aromatic N) is 2. The fourth-order valence-corrected chi connectivity index (χ4v) is 6.74. The Morgan fingerprint density at radius 2 is 2.09 bits per heavy atom. The zero-order valence-corrected chi connectivity index (χ0v) is 20.1. The lowest BCUT2D eigenvalue weighted by molar-refractivity contribution is -0.153. The molecule has 0 radical (unpaired) electrons. The molecule has 3 fully saturated rings. The minimum atomic E-state index is -1.26. The lowest BCUT2D eigenvalue weighted by atomic mass is 9.70. The van der Waals surface area contributed by atoms with Gasteiger partial charge in [-0.05, 0) is 18.4 Å². The maximum absolute atomic E-state index is 14.1. The molecule has 0 aromatic heterocycles. The summed E-state index contributed by atoms with van der Waals surface area (Å²) in [5.41, 5.74) is -0.334. The van der Waals surface area contributed by atoms with Crippen molar-refractivity contribution in [3.8, 4) is 0 Å². The van der Waals surface area contributed by atoms with Crippen LogP contribution in [0.25, 0.3) is 0 Å². The van der Waals surface area contributed by atoms with Crippen LogP contribution in [0.15, 0.2) is 43.0 Å². The lowest BCUT2D eigenvalue weighted by Crippen LogP contribution is -2.58. The average molecular weight is 521 g/mol. The molecule has 4 rings (SSSR count). The summed E-state index contributed by atoms with van der Waals surface area (Å²) in [5, 5.41) is 20.0. The van der Waals surface area contributed by atoms with Crippen molar-refractivity contribution in [1.82, 2.24) is 9.80 Å². The average Bonchev–Trinajstić information content (AvgIpc) is 3.39. The van der Waals surface area contributed by atoms with E-state index in [4.69, 9.17) is 4.74 Å². The van der Waals surface area contributed by atoms with E-state index in [-0.39, 0.29) is 23.9 Å². The number of amides is 2. The second kappa shape index (κ2) is 9.19. The third kappa shape index (κ3) is 3.70. The van der Waals surface area contributed by atoms with Gasteiger partial charge < -0.3 is 24.7 Å². The first-order valence-corrected chi connectivity index (χ1v) is 12.1. The molecule has 2 amide bonds. The predicted octanol–water partition coefficient (Wildman–Crippen LogP) is 1.80. The van der Waals surface area contributed by atoms with E-state index in [0.29, 0.717) is 19.4 Å². The number of alkyl halides is 1. The Bertz CT molecular complexity index is 938. The number of halogens is 1. The summed E-state index contributed by atoms with van der Waals surface area (Å²) in [7, 11) is 0. The van der Waals surface area contributed by atoms with Crippen molar-refractivity contribution >= 4 is 33.7 Å². The number of hydrogen-bond donors (Lipinski definition) is 2. The van der Waals surface area contributed by atoms with Gasteiger partial charge in [-0.15, -0.1) is 6.58 Å². The minimum Gasteiger partial charge on any atom is -0.481 e. The van der Waals surface area contributed by atoms with Crippen LogP contribution in [0.5, 0.6) is 0 Å². The maximum Gasteiger partial charge on any atom is 0.310 e. The van der Waals surface area contributed by atoms with Gasteiger partial charge >= 0.3 is 5.97 Å². The second-order valence-corrected chi connectivity index (χ2v) is 10.2. The summed E-state index contributed by atoms with van der Waals surface area (Å²) < 4.78 is 6.28. The SMILES string of the molecule is C=CCN(Cc1ccccc1)C(=O)[C@H]1N([C@@H](CC)CO)C(=O)[C@@H]2[C@@H](C(=O)O)[C@@H]3O[C@@]21CC3Br. The summed E-state index contributed by atoms with van der Waals surface area (Å²) >= 11 is 3.54. The van der Waals surface area contributed by atoms with Gasteiger partial charge in [0.05, 0.1) is 30.6 Å². The number of aliphatic hydroxyl groups excluding tert-OH is 1. The third-order valence-corrected chi connectivity index (χ3v) is 8.04. The van der Waals surface area contributed by atoms with Crippen LogP contribution in [0, 0.1) is 11.8 Å². The van der Waals surface area contributed by atoms with Gasteiger partial charge in [0.25, 0.3) is 0 Å². The van der Waals surface area contributed by atoms with Crippen molar-refractivity contribution < 1.29 is 29.3 Å². The molecule has 178 valence electrons. The summed E-state index contributed by atoms with van der Waals surface area (Å²) in [4.78, 5) is 42.7. The van der Waals surface area contributed by atoms with Crippen LogP contribution in [0.4, 0.5) is 0 Å². The molecule has 33 heavy (non-hydrogen) atoms. The third-order valence-electron chi connectivity index (χ3n) is 7.20. The van der Waals surface area contributed by atoms with Gasteiger partial charge in [0, 0.05) is 17.9 Å². The Kier molecular flexibility index (Phi) is 6.66. The quantitative estimate of drug-likeness (QED) is 0.379. The summed E-state index contributed by atoms with van der Waals surface area (Å²) in [6.07, 6.45) is 1.71. The van der Waals surface area contributed by atoms with E-state index in [1.807, 2.05) is 37.3 Å². The number of carboxylic acids is 1. The molecule has 9 heteroatoms. The van der Waals surface area contributed by atoms with Gasteiger partial charge in [-0.25, -0.2) is 0 Å². The highest BCUT2D eigenvalue weighted by Gasteiger charge is 2.77. The molecule has 3 aliphatic heterocycles. The van der Waals surface area contributed by atoms with Gasteiger partial charge in [0.1, 0.15) is 11.6 Å². The van der Waals surface area contributed by atoms with Crippen LogP contribution in [-0.2, 0) is 25.7 Å². The van der Waals surface area contributed by atoms with Crippen molar-refractivity contribution in [2.45, 2.75) is 54.9 Å². The first-order chi connectivity index (χ1) is 15.8. The highest BCUT2D eigenvalue weighted by Crippen LogP contribution is 2.60. The normalized spacial score (nSPS) is 33.1. The van der Waals surface area contributed by atoms with Crippen molar-refractivity contribution in [2.75, 3.05) is 13.2 Å². The number of ether oxygens (including phenoxy) is 1. The van der Waals surface area contributed by atoms with E-state index < -0.39 is 47.5 Å². The first kappa shape index (κ1) is 23.9. The van der Waals surface area contributed by atoms with Crippen molar-refractivity contribution in [2.24, 2.45) is 11.8 Å². The first-order valence-electron chi connectivity index (χ1n) is 11.2. The van der Waals surface area contributed by atoms with Crippen molar-refractivity contribution in [3.05, 3.63) is 48.6 Å². The van der Waals surface area contributed by atoms with Gasteiger partial charge in [-0.2, -0.15) is 0 Å². The molecule has 1 spiro atoms. The number of carbonyl (C=O) groups excluding carboxylic acids is 2. The number of hydrogen-bond acceptors (Lipinski definition) is 5. The Hall–Kier alpha value is -2.23. The largest absolute Gasteiger partial charge is 0.481 e. The highest BCUT2D eigenvalue weighted by atomic mass is 79.9. The molecule has 3 aliphatic rings. The van der Waals surface area contributed by atoms with Crippen LogP contribution in [0.2, 0.25) is 0 Å². The van der Waals surface area contributed by atoms with Gasteiger partial charge in [0.2, 0.25) is 11.8 Å². The Morgan fingerprint density at radius 3 is 2.67 bits per heavy atom. The topological polar surface area (TPSA) is 107 Å². The van der Waals surface area contributed by atoms with Crippen LogP contribution in [0.3, 0.4) is 0 Å². The molecule has 2 N–H and O–H groups in total. The maximum atomic E-state index is 14.1. The smallest absolute Gasteiger partial charge is 0.310 e. The standard InChI is InChI=1S/C24H29BrN2O6/c1-3-10-26(12-14-8-6-5-7-9-14)22(30)20-24-11-16(25)19(33-24)17(23(31)32)18(24)21(29)27(20)15(4-2)13-28/h3,5-9,15-20,28H,1,4,10-13H2,2H3,(H,31,32)/t15-,16?,17+,18-,19+,20+,24-/m0/s1. The van der Waals surface area contributed by atoms with E-state index in [1.165, 1.54) is 4.90 Å². The number of benzene rings is 1. The number of carboxylic acid groups (broad SMARTS) is 1. The molecule has 1 aromatic rings. The van der Waals surface area contributed by atoms with Gasteiger partial charge in [0.15, 0.2) is 0 Å². The molecule has 1 aromatic carbocycles. The number of carbonyl (C=O) groups is 3. The fourth-order valence-electron chi connectivity index (χ4n) is 5.80.